The topological polar surface area (TPSA) is 84.2 Å². The van der Waals surface area contributed by atoms with Gasteiger partial charge in [-0.15, -0.1) is 12.4 Å². The first-order valence-corrected chi connectivity index (χ1v) is 8.16. The molecule has 7 heteroatoms. The van der Waals surface area contributed by atoms with Crippen molar-refractivity contribution < 1.29 is 14.0 Å². The van der Waals surface area contributed by atoms with Crippen molar-refractivity contribution in [1.82, 2.24) is 5.32 Å². The fraction of sp³-hybridized carbons (Fsp3) is 0.529. The van der Waals surface area contributed by atoms with Crippen LogP contribution in [0, 0.1) is 5.82 Å². The molecule has 1 aliphatic heterocycles. The molecule has 1 heterocycles. The second-order valence-corrected chi connectivity index (χ2v) is 6.64. The van der Waals surface area contributed by atoms with Crippen molar-refractivity contribution in [2.24, 2.45) is 5.73 Å². The highest BCUT2D eigenvalue weighted by Gasteiger charge is 2.28. The summed E-state index contributed by atoms with van der Waals surface area (Å²) in [6.45, 7) is 0.360. The van der Waals surface area contributed by atoms with Crippen molar-refractivity contribution in [3.05, 3.63) is 29.1 Å². The molecule has 1 aliphatic carbocycles. The largest absolute Gasteiger partial charge is 0.350 e. The van der Waals surface area contributed by atoms with E-state index >= 15 is 0 Å². The number of hydrogen-bond donors (Lipinski definition) is 3. The Labute approximate surface area is 147 Å². The fourth-order valence-electron chi connectivity index (χ4n) is 3.36. The number of halogens is 2. The lowest BCUT2D eigenvalue weighted by molar-refractivity contribution is -0.116. The Morgan fingerprint density at radius 3 is 2.67 bits per heavy atom. The predicted molar refractivity (Wildman–Crippen MR) is 92.9 cm³/mol. The Morgan fingerprint density at radius 2 is 1.96 bits per heavy atom. The summed E-state index contributed by atoms with van der Waals surface area (Å²) >= 11 is 0. The van der Waals surface area contributed by atoms with Crippen LogP contribution in [0.25, 0.3) is 0 Å². The molecule has 2 amide bonds. The van der Waals surface area contributed by atoms with Gasteiger partial charge in [-0.3, -0.25) is 9.59 Å². The van der Waals surface area contributed by atoms with Crippen LogP contribution in [-0.4, -0.2) is 23.9 Å². The van der Waals surface area contributed by atoms with Gasteiger partial charge in [0.05, 0.1) is 5.56 Å². The van der Waals surface area contributed by atoms with Gasteiger partial charge in [0.15, 0.2) is 0 Å². The minimum absolute atomic E-state index is 0. The molecule has 4 N–H and O–H groups in total. The van der Waals surface area contributed by atoms with Gasteiger partial charge in [0.25, 0.3) is 5.91 Å². The van der Waals surface area contributed by atoms with Gasteiger partial charge in [-0.1, -0.05) is 19.3 Å². The van der Waals surface area contributed by atoms with Gasteiger partial charge in [-0.05, 0) is 37.0 Å². The molecule has 132 valence electrons. The molecule has 1 aromatic carbocycles. The second kappa shape index (κ2) is 7.49. The number of amides is 2. The number of aryl methyl sites for hydroxylation is 1. The molecule has 0 aromatic heterocycles. The smallest absolute Gasteiger partial charge is 0.254 e. The number of carbonyl (C=O) groups excluding carboxylic acids is 2. The first-order chi connectivity index (χ1) is 11.0. The maximum absolute atomic E-state index is 14.2. The Balaban J connectivity index is 0.00000208. The highest BCUT2D eigenvalue weighted by atomic mass is 35.5. The van der Waals surface area contributed by atoms with E-state index in [1.165, 1.54) is 18.6 Å². The third-order valence-corrected chi connectivity index (χ3v) is 4.78. The van der Waals surface area contributed by atoms with E-state index in [1.807, 2.05) is 0 Å². The molecule has 0 atom stereocenters. The molecule has 0 bridgehead atoms. The van der Waals surface area contributed by atoms with Crippen LogP contribution in [-0.2, 0) is 11.2 Å². The van der Waals surface area contributed by atoms with Crippen LogP contribution in [0.15, 0.2) is 12.1 Å². The zero-order valence-electron chi connectivity index (χ0n) is 13.5. The van der Waals surface area contributed by atoms with Gasteiger partial charge in [0, 0.05) is 24.2 Å². The summed E-state index contributed by atoms with van der Waals surface area (Å²) in [4.78, 5) is 23.6. The van der Waals surface area contributed by atoms with E-state index < -0.39 is 11.7 Å². The quantitative estimate of drug-likeness (QED) is 0.779. The zero-order valence-corrected chi connectivity index (χ0v) is 14.3. The van der Waals surface area contributed by atoms with E-state index in [4.69, 9.17) is 5.73 Å². The lowest BCUT2D eigenvalue weighted by Crippen LogP contribution is -2.51. The Bertz CT molecular complexity index is 645. The first-order valence-electron chi connectivity index (χ1n) is 8.16. The molecular weight excluding hydrogens is 333 g/mol. The van der Waals surface area contributed by atoms with Gasteiger partial charge in [0.1, 0.15) is 5.82 Å². The zero-order chi connectivity index (χ0) is 16.4. The molecule has 3 rings (SSSR count). The van der Waals surface area contributed by atoms with Gasteiger partial charge in [-0.2, -0.15) is 0 Å². The summed E-state index contributed by atoms with van der Waals surface area (Å²) in [7, 11) is 0. The molecule has 1 saturated carbocycles. The summed E-state index contributed by atoms with van der Waals surface area (Å²) in [5, 5.41) is 5.40. The minimum atomic E-state index is -0.627. The number of benzene rings is 1. The summed E-state index contributed by atoms with van der Waals surface area (Å²) in [5.41, 5.74) is 7.17. The lowest BCUT2D eigenvalue weighted by Gasteiger charge is -2.33. The number of nitrogens with two attached hydrogens (primary N) is 1. The average Bonchev–Trinajstić information content (AvgIpc) is 2.52. The molecule has 24 heavy (non-hydrogen) atoms. The molecule has 0 saturated heterocycles. The van der Waals surface area contributed by atoms with Crippen LogP contribution in [0.2, 0.25) is 0 Å². The standard InChI is InChI=1S/C17H22FN3O2.ClH/c18-13-9-14-11(4-5-15(22)21-14)8-12(13)16(23)20-10-17(19)6-2-1-3-7-17;/h8-9H,1-7,10,19H2,(H,20,23)(H,21,22);1H. The minimum Gasteiger partial charge on any atom is -0.350 e. The highest BCUT2D eigenvalue weighted by Crippen LogP contribution is 2.27. The van der Waals surface area contributed by atoms with E-state index in [-0.39, 0.29) is 29.4 Å². The van der Waals surface area contributed by atoms with E-state index in [1.54, 1.807) is 0 Å². The summed E-state index contributed by atoms with van der Waals surface area (Å²) in [6, 6.07) is 2.75. The number of carbonyl (C=O) groups is 2. The summed E-state index contributed by atoms with van der Waals surface area (Å²) < 4.78 is 14.2. The van der Waals surface area contributed by atoms with Gasteiger partial charge in [-0.25, -0.2) is 4.39 Å². The third-order valence-electron chi connectivity index (χ3n) is 4.78. The van der Waals surface area contributed by atoms with Crippen molar-refractivity contribution >= 4 is 29.9 Å². The van der Waals surface area contributed by atoms with Crippen LogP contribution in [0.3, 0.4) is 0 Å². The Morgan fingerprint density at radius 1 is 1.25 bits per heavy atom. The van der Waals surface area contributed by atoms with E-state index in [9.17, 15) is 14.0 Å². The third kappa shape index (κ3) is 4.05. The monoisotopic (exact) mass is 355 g/mol. The molecule has 1 aromatic rings. The van der Waals surface area contributed by atoms with Crippen molar-refractivity contribution in [2.75, 3.05) is 11.9 Å². The summed E-state index contributed by atoms with van der Waals surface area (Å²) in [5.74, 6) is -1.20. The van der Waals surface area contributed by atoms with Crippen molar-refractivity contribution in [2.45, 2.75) is 50.5 Å². The number of nitrogens with one attached hydrogen (secondary N) is 2. The van der Waals surface area contributed by atoms with E-state index in [0.717, 1.165) is 31.2 Å². The summed E-state index contributed by atoms with van der Waals surface area (Å²) in [6.07, 6.45) is 5.95. The number of hydrogen-bond acceptors (Lipinski definition) is 3. The van der Waals surface area contributed by atoms with Crippen LogP contribution in [0.5, 0.6) is 0 Å². The van der Waals surface area contributed by atoms with Gasteiger partial charge < -0.3 is 16.4 Å². The van der Waals surface area contributed by atoms with Crippen LogP contribution in [0.4, 0.5) is 10.1 Å². The number of fused-ring (bicyclic) bond motifs is 1. The maximum atomic E-state index is 14.2. The molecule has 1 fully saturated rings. The fourth-order valence-corrected chi connectivity index (χ4v) is 3.36. The molecule has 0 unspecified atom stereocenters. The van der Waals surface area contributed by atoms with E-state index in [2.05, 4.69) is 10.6 Å². The molecular formula is C17H23ClFN3O2. The maximum Gasteiger partial charge on any atom is 0.254 e. The first kappa shape index (κ1) is 18.7. The average molecular weight is 356 g/mol. The Kier molecular flexibility index (Phi) is 5.83. The van der Waals surface area contributed by atoms with Gasteiger partial charge in [0.2, 0.25) is 5.91 Å². The van der Waals surface area contributed by atoms with Crippen molar-refractivity contribution in [1.29, 1.82) is 0 Å². The van der Waals surface area contributed by atoms with Crippen molar-refractivity contribution in [3.8, 4) is 0 Å². The van der Waals surface area contributed by atoms with Gasteiger partial charge >= 0.3 is 0 Å². The molecule has 2 aliphatic rings. The SMILES string of the molecule is Cl.NC1(CNC(=O)c2cc3c(cc2F)NC(=O)CC3)CCCCC1. The molecule has 5 nitrogen and oxygen atoms in total. The lowest BCUT2D eigenvalue weighted by atomic mass is 9.82. The van der Waals surface area contributed by atoms with Crippen LogP contribution < -0.4 is 16.4 Å². The number of anilines is 1. The van der Waals surface area contributed by atoms with Crippen LogP contribution >= 0.6 is 12.4 Å². The second-order valence-electron chi connectivity index (χ2n) is 6.64. The predicted octanol–water partition coefficient (Wildman–Crippen LogP) is 2.52. The molecule has 0 radical (unpaired) electrons. The normalized spacial score (nSPS) is 18.8. The Hall–Kier alpha value is -1.66. The molecule has 0 spiro atoms. The number of rotatable bonds is 3. The van der Waals surface area contributed by atoms with Crippen molar-refractivity contribution in [3.63, 3.8) is 0 Å². The van der Waals surface area contributed by atoms with E-state index in [0.29, 0.717) is 25.1 Å². The highest BCUT2D eigenvalue weighted by molar-refractivity contribution is 5.98. The van der Waals surface area contributed by atoms with Crippen LogP contribution in [0.1, 0.15) is 54.4 Å².